The molecule has 1 fully saturated rings. The summed E-state index contributed by atoms with van der Waals surface area (Å²) >= 11 is 0. The molecule has 0 N–H and O–H groups in total. The molecule has 1 amide bonds. The standard InChI is InChI=1S/C25H26N4O/c1-18-7-2-4-10-21(18)22-12-13-24(27-26-22)28-15-6-9-20(17-28)25(30)29-16-14-19-8-3-5-11-23(19)29/h2-5,7-8,10-13,20H,6,9,14-17H2,1H3. The molecule has 0 aliphatic carbocycles. The van der Waals surface area contributed by atoms with Crippen LogP contribution >= 0.6 is 0 Å². The first-order chi connectivity index (χ1) is 14.7. The van der Waals surface area contributed by atoms with Crippen LogP contribution < -0.4 is 9.80 Å². The zero-order valence-electron chi connectivity index (χ0n) is 17.3. The lowest BCUT2D eigenvalue weighted by atomic mass is 9.96. The van der Waals surface area contributed by atoms with Crippen molar-refractivity contribution in [3.63, 3.8) is 0 Å². The minimum atomic E-state index is 0.00255. The average molecular weight is 399 g/mol. The second-order valence-electron chi connectivity index (χ2n) is 8.25. The number of amides is 1. The summed E-state index contributed by atoms with van der Waals surface area (Å²) in [6.45, 7) is 4.50. The number of hydrogen-bond donors (Lipinski definition) is 0. The minimum absolute atomic E-state index is 0.00255. The van der Waals surface area contributed by atoms with Crippen molar-refractivity contribution in [1.82, 2.24) is 10.2 Å². The summed E-state index contributed by atoms with van der Waals surface area (Å²) < 4.78 is 0. The van der Waals surface area contributed by atoms with Crippen LogP contribution in [0.3, 0.4) is 0 Å². The number of para-hydroxylation sites is 1. The summed E-state index contributed by atoms with van der Waals surface area (Å²) in [5.41, 5.74) is 5.54. The second kappa shape index (κ2) is 7.90. The molecule has 152 valence electrons. The maximum Gasteiger partial charge on any atom is 0.231 e. The van der Waals surface area contributed by atoms with Crippen LogP contribution in [0.25, 0.3) is 11.3 Å². The number of piperidine rings is 1. The van der Waals surface area contributed by atoms with Crippen LogP contribution in [-0.4, -0.2) is 35.7 Å². The van der Waals surface area contributed by atoms with E-state index in [0.29, 0.717) is 6.54 Å². The molecule has 3 aromatic rings. The van der Waals surface area contributed by atoms with E-state index in [2.05, 4.69) is 52.4 Å². The number of benzene rings is 2. The lowest BCUT2D eigenvalue weighted by Gasteiger charge is -2.34. The fourth-order valence-corrected chi connectivity index (χ4v) is 4.67. The van der Waals surface area contributed by atoms with Crippen molar-refractivity contribution in [2.45, 2.75) is 26.2 Å². The van der Waals surface area contributed by atoms with Gasteiger partial charge in [0.1, 0.15) is 0 Å². The Morgan fingerprint density at radius 1 is 0.967 bits per heavy atom. The van der Waals surface area contributed by atoms with E-state index in [1.54, 1.807) is 0 Å². The van der Waals surface area contributed by atoms with Crippen LogP contribution in [0.2, 0.25) is 0 Å². The predicted octanol–water partition coefficient (Wildman–Crippen LogP) is 4.26. The van der Waals surface area contributed by atoms with Gasteiger partial charge in [-0.2, -0.15) is 0 Å². The highest BCUT2D eigenvalue weighted by molar-refractivity contribution is 5.97. The monoisotopic (exact) mass is 398 g/mol. The van der Waals surface area contributed by atoms with Gasteiger partial charge in [-0.05, 0) is 55.5 Å². The SMILES string of the molecule is Cc1ccccc1-c1ccc(N2CCCC(C(=O)N3CCc4ccccc43)C2)nn1. The first kappa shape index (κ1) is 18.8. The van der Waals surface area contributed by atoms with Crippen LogP contribution in [0, 0.1) is 12.8 Å². The number of carbonyl (C=O) groups excluding carboxylic acids is 1. The molecule has 1 atom stereocenters. The van der Waals surface area contributed by atoms with Gasteiger partial charge in [0.2, 0.25) is 5.91 Å². The Kier molecular flexibility index (Phi) is 4.95. The topological polar surface area (TPSA) is 49.3 Å². The Labute approximate surface area is 177 Å². The predicted molar refractivity (Wildman–Crippen MR) is 120 cm³/mol. The van der Waals surface area contributed by atoms with E-state index in [1.807, 2.05) is 35.2 Å². The maximum atomic E-state index is 13.3. The van der Waals surface area contributed by atoms with E-state index in [4.69, 9.17) is 0 Å². The van der Waals surface area contributed by atoms with Gasteiger partial charge in [-0.3, -0.25) is 4.79 Å². The van der Waals surface area contributed by atoms with E-state index < -0.39 is 0 Å². The highest BCUT2D eigenvalue weighted by Crippen LogP contribution is 2.31. The molecule has 0 bridgehead atoms. The molecule has 2 aromatic carbocycles. The van der Waals surface area contributed by atoms with Crippen molar-refractivity contribution in [2.24, 2.45) is 5.92 Å². The molecule has 0 saturated carbocycles. The van der Waals surface area contributed by atoms with Crippen LogP contribution in [0.15, 0.2) is 60.7 Å². The second-order valence-corrected chi connectivity index (χ2v) is 8.25. The molecule has 5 nitrogen and oxygen atoms in total. The fraction of sp³-hybridized carbons (Fsp3) is 0.320. The molecular formula is C25H26N4O. The molecule has 0 spiro atoms. The first-order valence-corrected chi connectivity index (χ1v) is 10.7. The third-order valence-corrected chi connectivity index (χ3v) is 6.32. The van der Waals surface area contributed by atoms with E-state index >= 15 is 0 Å². The van der Waals surface area contributed by atoms with E-state index in [9.17, 15) is 4.79 Å². The Bertz CT molecular complexity index is 1060. The average Bonchev–Trinajstić information content (AvgIpc) is 3.23. The molecule has 3 heterocycles. The Hall–Kier alpha value is -3.21. The van der Waals surface area contributed by atoms with Gasteiger partial charge in [0, 0.05) is 30.9 Å². The summed E-state index contributed by atoms with van der Waals surface area (Å²) in [6, 6.07) is 20.5. The molecular weight excluding hydrogens is 372 g/mol. The number of nitrogens with zero attached hydrogens (tertiary/aromatic N) is 4. The molecule has 1 aromatic heterocycles. The number of aryl methyl sites for hydroxylation is 1. The van der Waals surface area contributed by atoms with E-state index in [1.165, 1.54) is 11.1 Å². The third-order valence-electron chi connectivity index (χ3n) is 6.32. The lowest BCUT2D eigenvalue weighted by molar-refractivity contribution is -0.122. The normalized spacial score (nSPS) is 18.4. The summed E-state index contributed by atoms with van der Waals surface area (Å²) in [5, 5.41) is 8.97. The number of fused-ring (bicyclic) bond motifs is 1. The number of anilines is 2. The lowest BCUT2D eigenvalue weighted by Crippen LogP contribution is -2.45. The van der Waals surface area contributed by atoms with Gasteiger partial charge < -0.3 is 9.80 Å². The highest BCUT2D eigenvalue weighted by atomic mass is 16.2. The molecule has 30 heavy (non-hydrogen) atoms. The Morgan fingerprint density at radius 2 is 1.80 bits per heavy atom. The molecule has 0 radical (unpaired) electrons. The summed E-state index contributed by atoms with van der Waals surface area (Å²) in [5.74, 6) is 1.10. The van der Waals surface area contributed by atoms with Crippen LogP contribution in [0.5, 0.6) is 0 Å². The van der Waals surface area contributed by atoms with Crippen LogP contribution in [-0.2, 0) is 11.2 Å². The Balaban J connectivity index is 1.31. The number of aromatic nitrogens is 2. The highest BCUT2D eigenvalue weighted by Gasteiger charge is 2.33. The smallest absolute Gasteiger partial charge is 0.231 e. The van der Waals surface area contributed by atoms with Crippen molar-refractivity contribution in [3.8, 4) is 11.3 Å². The van der Waals surface area contributed by atoms with Crippen molar-refractivity contribution in [3.05, 3.63) is 71.8 Å². The molecule has 5 heteroatoms. The fourth-order valence-electron chi connectivity index (χ4n) is 4.67. The van der Waals surface area contributed by atoms with Gasteiger partial charge in [0.05, 0.1) is 11.6 Å². The molecule has 5 rings (SSSR count). The van der Waals surface area contributed by atoms with Gasteiger partial charge in [0.25, 0.3) is 0 Å². The van der Waals surface area contributed by atoms with Gasteiger partial charge in [0.15, 0.2) is 5.82 Å². The van der Waals surface area contributed by atoms with Crippen LogP contribution in [0.1, 0.15) is 24.0 Å². The van der Waals surface area contributed by atoms with Crippen molar-refractivity contribution >= 4 is 17.4 Å². The van der Waals surface area contributed by atoms with Gasteiger partial charge in [-0.1, -0.05) is 42.5 Å². The quantitative estimate of drug-likeness (QED) is 0.662. The number of rotatable bonds is 3. The molecule has 1 saturated heterocycles. The minimum Gasteiger partial charge on any atom is -0.354 e. The van der Waals surface area contributed by atoms with Crippen molar-refractivity contribution in [1.29, 1.82) is 0 Å². The van der Waals surface area contributed by atoms with E-state index in [0.717, 1.165) is 55.1 Å². The summed E-state index contributed by atoms with van der Waals surface area (Å²) in [4.78, 5) is 17.5. The number of hydrogen-bond acceptors (Lipinski definition) is 4. The van der Waals surface area contributed by atoms with E-state index in [-0.39, 0.29) is 11.8 Å². The summed E-state index contributed by atoms with van der Waals surface area (Å²) in [6.07, 6.45) is 2.88. The largest absolute Gasteiger partial charge is 0.354 e. The van der Waals surface area contributed by atoms with Gasteiger partial charge in [-0.25, -0.2) is 0 Å². The third kappa shape index (κ3) is 3.45. The Morgan fingerprint density at radius 3 is 2.63 bits per heavy atom. The molecule has 2 aliphatic heterocycles. The molecule has 1 unspecified atom stereocenters. The summed E-state index contributed by atoms with van der Waals surface area (Å²) in [7, 11) is 0. The van der Waals surface area contributed by atoms with Crippen LogP contribution in [0.4, 0.5) is 11.5 Å². The zero-order chi connectivity index (χ0) is 20.5. The zero-order valence-corrected chi connectivity index (χ0v) is 17.3. The maximum absolute atomic E-state index is 13.3. The molecule has 2 aliphatic rings. The first-order valence-electron chi connectivity index (χ1n) is 10.7. The van der Waals surface area contributed by atoms with Gasteiger partial charge >= 0.3 is 0 Å². The van der Waals surface area contributed by atoms with Crippen molar-refractivity contribution < 1.29 is 4.79 Å². The number of carbonyl (C=O) groups is 1. The van der Waals surface area contributed by atoms with Crippen molar-refractivity contribution in [2.75, 3.05) is 29.4 Å². The van der Waals surface area contributed by atoms with Gasteiger partial charge in [-0.15, -0.1) is 10.2 Å².